The molecule has 0 bridgehead atoms. The lowest BCUT2D eigenvalue weighted by molar-refractivity contribution is 0.0954. The molecule has 2 saturated heterocycles. The first-order chi connectivity index (χ1) is 17.0. The molecule has 35 heavy (non-hydrogen) atoms. The maximum Gasteiger partial charge on any atom is 0.253 e. The van der Waals surface area contributed by atoms with Crippen LogP contribution in [0.2, 0.25) is 0 Å². The van der Waals surface area contributed by atoms with Crippen molar-refractivity contribution in [1.82, 2.24) is 9.62 Å². The van der Waals surface area contributed by atoms with Crippen LogP contribution >= 0.6 is 0 Å². The number of benzene rings is 2. The number of hydrogen-bond acceptors (Lipinski definition) is 6. The van der Waals surface area contributed by atoms with Crippen LogP contribution in [0.3, 0.4) is 0 Å². The predicted molar refractivity (Wildman–Crippen MR) is 134 cm³/mol. The van der Waals surface area contributed by atoms with Crippen molar-refractivity contribution < 1.29 is 22.7 Å². The lowest BCUT2D eigenvalue weighted by atomic mass is 10.1. The minimum absolute atomic E-state index is 0.194. The largest absolute Gasteiger partial charge is 0.486 e. The molecule has 0 aliphatic carbocycles. The number of nitrogens with one attached hydrogen (secondary N) is 1. The second-order valence-corrected chi connectivity index (χ2v) is 11.3. The number of amides is 1. The van der Waals surface area contributed by atoms with Crippen molar-refractivity contribution in [3.63, 3.8) is 0 Å². The third-order valence-electron chi connectivity index (χ3n) is 6.92. The average Bonchev–Trinajstić information content (AvgIpc) is 3.44. The third-order valence-corrected chi connectivity index (χ3v) is 8.81. The molecule has 3 aliphatic heterocycles. The molecule has 0 aromatic heterocycles. The summed E-state index contributed by atoms with van der Waals surface area (Å²) in [5.74, 6) is 1.22. The summed E-state index contributed by atoms with van der Waals surface area (Å²) in [7, 11) is -3.62. The first-order valence-electron chi connectivity index (χ1n) is 12.6. The highest BCUT2D eigenvalue weighted by Crippen LogP contribution is 2.31. The molecule has 1 amide bonds. The van der Waals surface area contributed by atoms with Crippen molar-refractivity contribution in [3.05, 3.63) is 47.5 Å². The zero-order valence-corrected chi connectivity index (χ0v) is 20.8. The lowest BCUT2D eigenvalue weighted by Crippen LogP contribution is -2.36. The summed E-state index contributed by atoms with van der Waals surface area (Å²) in [4.78, 5) is 15.7. The monoisotopic (exact) mass is 499 g/mol. The zero-order chi connectivity index (χ0) is 24.3. The average molecular weight is 500 g/mol. The van der Waals surface area contributed by atoms with E-state index >= 15 is 0 Å². The zero-order valence-electron chi connectivity index (χ0n) is 20.0. The summed E-state index contributed by atoms with van der Waals surface area (Å²) in [6.07, 6.45) is 5.57. The summed E-state index contributed by atoms with van der Waals surface area (Å²) >= 11 is 0. The van der Waals surface area contributed by atoms with Crippen LogP contribution in [0.4, 0.5) is 5.69 Å². The van der Waals surface area contributed by atoms with E-state index < -0.39 is 10.0 Å². The van der Waals surface area contributed by atoms with Gasteiger partial charge in [-0.1, -0.05) is 12.5 Å². The van der Waals surface area contributed by atoms with Gasteiger partial charge in [-0.2, -0.15) is 4.31 Å². The Bertz CT molecular complexity index is 1170. The van der Waals surface area contributed by atoms with Crippen LogP contribution in [-0.4, -0.2) is 64.6 Å². The molecule has 8 nitrogen and oxygen atoms in total. The Labute approximate surface area is 207 Å². The number of fused-ring (bicyclic) bond motifs is 1. The van der Waals surface area contributed by atoms with Gasteiger partial charge in [-0.15, -0.1) is 0 Å². The van der Waals surface area contributed by atoms with E-state index in [0.29, 0.717) is 44.8 Å². The second-order valence-electron chi connectivity index (χ2n) is 9.32. The van der Waals surface area contributed by atoms with E-state index in [9.17, 15) is 13.2 Å². The summed E-state index contributed by atoms with van der Waals surface area (Å²) in [6, 6.07) is 10.8. The summed E-state index contributed by atoms with van der Waals surface area (Å²) in [5, 5.41) is 3.00. The number of carbonyl (C=O) groups excluding carboxylic acids is 1. The summed E-state index contributed by atoms with van der Waals surface area (Å²) in [6.45, 7) is 4.32. The first kappa shape index (κ1) is 23.9. The number of sulfonamides is 1. The van der Waals surface area contributed by atoms with E-state index in [-0.39, 0.29) is 10.8 Å². The van der Waals surface area contributed by atoms with Crippen LogP contribution in [0.5, 0.6) is 11.5 Å². The molecule has 2 aromatic rings. The number of anilines is 1. The molecule has 0 radical (unpaired) electrons. The molecule has 3 aliphatic rings. The molecule has 5 rings (SSSR count). The molecule has 3 heterocycles. The van der Waals surface area contributed by atoms with Gasteiger partial charge < -0.3 is 19.7 Å². The summed E-state index contributed by atoms with van der Waals surface area (Å²) in [5.41, 5.74) is 2.26. The number of piperidine rings is 1. The maximum atomic E-state index is 13.3. The minimum Gasteiger partial charge on any atom is -0.486 e. The van der Waals surface area contributed by atoms with Gasteiger partial charge >= 0.3 is 0 Å². The normalized spacial score (nSPS) is 18.5. The maximum absolute atomic E-state index is 13.3. The van der Waals surface area contributed by atoms with Crippen LogP contribution in [0.25, 0.3) is 0 Å². The fraction of sp³-hybridized carbons (Fsp3) is 0.500. The number of ether oxygens (including phenoxy) is 2. The van der Waals surface area contributed by atoms with Gasteiger partial charge in [-0.05, 0) is 68.0 Å². The van der Waals surface area contributed by atoms with Crippen molar-refractivity contribution in [1.29, 1.82) is 0 Å². The first-order valence-corrected chi connectivity index (χ1v) is 14.0. The van der Waals surface area contributed by atoms with Gasteiger partial charge in [0.15, 0.2) is 11.5 Å². The highest BCUT2D eigenvalue weighted by atomic mass is 32.2. The Morgan fingerprint density at radius 2 is 1.57 bits per heavy atom. The smallest absolute Gasteiger partial charge is 0.253 e. The second kappa shape index (κ2) is 10.5. The van der Waals surface area contributed by atoms with E-state index in [2.05, 4.69) is 10.2 Å². The standard InChI is InChI=1S/C26H33N3O5S/c30-26(27-11-10-20-6-9-24-25(18-20)34-17-16-33-24)22-19-21(7-8-23(22)28-12-4-5-13-28)35(31,32)29-14-2-1-3-15-29/h6-9,18-19H,1-5,10-17H2,(H,27,30). The van der Waals surface area contributed by atoms with Gasteiger partial charge in [0, 0.05) is 38.4 Å². The van der Waals surface area contributed by atoms with Crippen LogP contribution < -0.4 is 19.7 Å². The molecular formula is C26H33N3O5S. The SMILES string of the molecule is O=C(NCCc1ccc2c(c1)OCCO2)c1cc(S(=O)(=O)N2CCCCC2)ccc1N1CCCC1. The molecular weight excluding hydrogens is 466 g/mol. The molecule has 1 N–H and O–H groups in total. The van der Waals surface area contributed by atoms with Gasteiger partial charge in [-0.3, -0.25) is 4.79 Å². The van der Waals surface area contributed by atoms with Crippen molar-refractivity contribution in [3.8, 4) is 11.5 Å². The Balaban J connectivity index is 1.33. The van der Waals surface area contributed by atoms with Crippen molar-refractivity contribution >= 4 is 21.6 Å². The molecule has 0 unspecified atom stereocenters. The van der Waals surface area contributed by atoms with Crippen molar-refractivity contribution in [2.75, 3.05) is 50.8 Å². The van der Waals surface area contributed by atoms with Crippen LogP contribution in [0, 0.1) is 0 Å². The van der Waals surface area contributed by atoms with E-state index in [4.69, 9.17) is 9.47 Å². The summed E-state index contributed by atoms with van der Waals surface area (Å²) < 4.78 is 39.3. The topological polar surface area (TPSA) is 88.2 Å². The predicted octanol–water partition coefficient (Wildman–Crippen LogP) is 3.21. The fourth-order valence-electron chi connectivity index (χ4n) is 5.00. The van der Waals surface area contributed by atoms with Gasteiger partial charge in [0.1, 0.15) is 13.2 Å². The molecule has 2 aromatic carbocycles. The highest BCUT2D eigenvalue weighted by molar-refractivity contribution is 7.89. The van der Waals surface area contributed by atoms with Crippen LogP contribution in [0.15, 0.2) is 41.3 Å². The van der Waals surface area contributed by atoms with Gasteiger partial charge in [-0.25, -0.2) is 8.42 Å². The van der Waals surface area contributed by atoms with E-state index in [1.54, 1.807) is 22.5 Å². The van der Waals surface area contributed by atoms with Crippen molar-refractivity contribution in [2.45, 2.75) is 43.4 Å². The quantitative estimate of drug-likeness (QED) is 0.630. The minimum atomic E-state index is -3.62. The Hall–Kier alpha value is -2.78. The number of carbonyl (C=O) groups is 1. The van der Waals surface area contributed by atoms with Gasteiger partial charge in [0.25, 0.3) is 5.91 Å². The number of rotatable bonds is 7. The van der Waals surface area contributed by atoms with Gasteiger partial charge in [0.05, 0.1) is 10.5 Å². The lowest BCUT2D eigenvalue weighted by Gasteiger charge is -2.27. The third kappa shape index (κ3) is 5.26. The molecule has 2 fully saturated rings. The molecule has 0 atom stereocenters. The van der Waals surface area contributed by atoms with Crippen LogP contribution in [-0.2, 0) is 16.4 Å². The Kier molecular flexibility index (Phi) is 7.15. The highest BCUT2D eigenvalue weighted by Gasteiger charge is 2.28. The van der Waals surface area contributed by atoms with Crippen LogP contribution in [0.1, 0.15) is 48.0 Å². The fourth-order valence-corrected chi connectivity index (χ4v) is 6.55. The van der Waals surface area contributed by atoms with Crippen molar-refractivity contribution in [2.24, 2.45) is 0 Å². The molecule has 0 spiro atoms. The van der Waals surface area contributed by atoms with E-state index in [1.807, 2.05) is 18.2 Å². The molecule has 188 valence electrons. The Morgan fingerprint density at radius 1 is 0.857 bits per heavy atom. The number of nitrogens with zero attached hydrogens (tertiary/aromatic N) is 2. The molecule has 9 heteroatoms. The number of hydrogen-bond donors (Lipinski definition) is 1. The van der Waals surface area contributed by atoms with Gasteiger partial charge in [0.2, 0.25) is 10.0 Å². The van der Waals surface area contributed by atoms with E-state index in [1.165, 1.54) is 0 Å². The molecule has 0 saturated carbocycles. The van der Waals surface area contributed by atoms with E-state index in [0.717, 1.165) is 67.9 Å². The Morgan fingerprint density at radius 3 is 2.34 bits per heavy atom.